The molecule has 9 heteroatoms. The van der Waals surface area contributed by atoms with Crippen LogP contribution in [0.4, 0.5) is 0 Å². The van der Waals surface area contributed by atoms with Gasteiger partial charge in [0.2, 0.25) is 5.91 Å². The first kappa shape index (κ1) is 22.8. The van der Waals surface area contributed by atoms with Crippen molar-refractivity contribution in [2.24, 2.45) is 0 Å². The van der Waals surface area contributed by atoms with Crippen LogP contribution in [0.3, 0.4) is 0 Å². The third-order valence-corrected chi connectivity index (χ3v) is 5.88. The van der Waals surface area contributed by atoms with Crippen LogP contribution in [0.1, 0.15) is 5.56 Å². The van der Waals surface area contributed by atoms with E-state index >= 15 is 0 Å². The summed E-state index contributed by atoms with van der Waals surface area (Å²) in [6, 6.07) is 21.0. The molecule has 7 nitrogen and oxygen atoms in total. The summed E-state index contributed by atoms with van der Waals surface area (Å²) in [5.74, 6) is 1.55. The molecule has 33 heavy (non-hydrogen) atoms. The minimum absolute atomic E-state index is 0.100. The van der Waals surface area contributed by atoms with E-state index in [-0.39, 0.29) is 11.7 Å². The summed E-state index contributed by atoms with van der Waals surface area (Å²) in [5.41, 5.74) is 1.99. The topological polar surface area (TPSA) is 81.9 Å². The molecule has 4 rings (SSSR count). The molecule has 0 bridgehead atoms. The summed E-state index contributed by atoms with van der Waals surface area (Å²) >= 11 is 7.21. The minimum Gasteiger partial charge on any atom is -0.492 e. The first-order valence-corrected chi connectivity index (χ1v) is 11.7. The summed E-state index contributed by atoms with van der Waals surface area (Å²) in [4.78, 5) is 16.5. The van der Waals surface area contributed by atoms with Gasteiger partial charge in [-0.1, -0.05) is 53.7 Å². The number of carbonyl (C=O) groups excluding carboxylic acids is 1. The van der Waals surface area contributed by atoms with Crippen LogP contribution in [0.15, 0.2) is 84.3 Å². The number of carbonyl (C=O) groups is 1. The van der Waals surface area contributed by atoms with Gasteiger partial charge in [-0.3, -0.25) is 14.3 Å². The SMILES string of the molecule is O=C(CSc1nnc(-c2cccnc2)n1Cc1ccccc1)NCCOc1ccc(Cl)cc1. The van der Waals surface area contributed by atoms with Crippen molar-refractivity contribution in [3.05, 3.63) is 89.7 Å². The van der Waals surface area contributed by atoms with Crippen molar-refractivity contribution >= 4 is 29.3 Å². The van der Waals surface area contributed by atoms with Crippen molar-refractivity contribution < 1.29 is 9.53 Å². The second kappa shape index (κ2) is 11.5. The molecule has 0 spiro atoms. The fraction of sp³-hybridized carbons (Fsp3) is 0.167. The predicted octanol–water partition coefficient (Wildman–Crippen LogP) is 4.33. The zero-order chi connectivity index (χ0) is 22.9. The van der Waals surface area contributed by atoms with Crippen LogP contribution in [-0.2, 0) is 11.3 Å². The average molecular weight is 480 g/mol. The van der Waals surface area contributed by atoms with E-state index in [4.69, 9.17) is 16.3 Å². The number of hydrogen-bond acceptors (Lipinski definition) is 6. The Labute approximate surface area is 201 Å². The summed E-state index contributed by atoms with van der Waals surface area (Å²) in [5, 5.41) is 12.9. The van der Waals surface area contributed by atoms with Crippen LogP contribution in [0.25, 0.3) is 11.4 Å². The quantitative estimate of drug-likeness (QED) is 0.269. The maximum Gasteiger partial charge on any atom is 0.230 e. The highest BCUT2D eigenvalue weighted by Gasteiger charge is 2.16. The van der Waals surface area contributed by atoms with E-state index in [0.29, 0.717) is 41.4 Å². The molecule has 0 saturated heterocycles. The zero-order valence-corrected chi connectivity index (χ0v) is 19.3. The molecule has 0 fully saturated rings. The number of rotatable bonds is 10. The number of pyridine rings is 1. The molecule has 1 amide bonds. The molecule has 1 N–H and O–H groups in total. The molecule has 0 saturated carbocycles. The molecule has 0 aliphatic heterocycles. The standard InChI is InChI=1S/C24H22ClN5O2S/c25-20-8-10-21(11-9-20)32-14-13-27-22(31)17-33-24-29-28-23(19-7-4-12-26-15-19)30(24)16-18-5-2-1-3-6-18/h1-12,15H,13-14,16-17H2,(H,27,31). The van der Waals surface area contributed by atoms with Crippen LogP contribution in [-0.4, -0.2) is 44.6 Å². The summed E-state index contributed by atoms with van der Waals surface area (Å²) in [6.07, 6.45) is 3.48. The lowest BCUT2D eigenvalue weighted by atomic mass is 10.2. The van der Waals surface area contributed by atoms with Gasteiger partial charge in [-0.25, -0.2) is 0 Å². The Balaban J connectivity index is 1.35. The maximum absolute atomic E-state index is 12.3. The van der Waals surface area contributed by atoms with Crippen molar-refractivity contribution in [1.29, 1.82) is 0 Å². The Bertz CT molecular complexity index is 1170. The van der Waals surface area contributed by atoms with Gasteiger partial charge in [-0.05, 0) is 42.0 Å². The average Bonchev–Trinajstić information content (AvgIpc) is 3.25. The number of benzene rings is 2. The lowest BCUT2D eigenvalue weighted by molar-refractivity contribution is -0.118. The number of amides is 1. The number of nitrogens with one attached hydrogen (secondary N) is 1. The number of halogens is 1. The maximum atomic E-state index is 12.3. The van der Waals surface area contributed by atoms with E-state index in [9.17, 15) is 4.79 Å². The van der Waals surface area contributed by atoms with E-state index in [1.54, 1.807) is 36.7 Å². The Morgan fingerprint density at radius 1 is 1.03 bits per heavy atom. The molecule has 2 aromatic heterocycles. The Morgan fingerprint density at radius 2 is 1.85 bits per heavy atom. The lowest BCUT2D eigenvalue weighted by Crippen LogP contribution is -2.29. The molecule has 168 valence electrons. The van der Waals surface area contributed by atoms with Crippen molar-refractivity contribution in [3.63, 3.8) is 0 Å². The molecule has 0 unspecified atom stereocenters. The van der Waals surface area contributed by atoms with Crippen LogP contribution < -0.4 is 10.1 Å². The van der Waals surface area contributed by atoms with Crippen molar-refractivity contribution in [3.8, 4) is 17.1 Å². The Morgan fingerprint density at radius 3 is 2.61 bits per heavy atom. The lowest BCUT2D eigenvalue weighted by Gasteiger charge is -2.11. The highest BCUT2D eigenvalue weighted by Crippen LogP contribution is 2.24. The molecule has 0 atom stereocenters. The van der Waals surface area contributed by atoms with E-state index < -0.39 is 0 Å². The van der Waals surface area contributed by atoms with Crippen LogP contribution >= 0.6 is 23.4 Å². The number of aromatic nitrogens is 4. The number of thioether (sulfide) groups is 1. The van der Waals surface area contributed by atoms with Gasteiger partial charge in [0.15, 0.2) is 11.0 Å². The summed E-state index contributed by atoms with van der Waals surface area (Å²) in [7, 11) is 0. The highest BCUT2D eigenvalue weighted by atomic mass is 35.5. The molecule has 2 heterocycles. The third kappa shape index (κ3) is 6.57. The van der Waals surface area contributed by atoms with Gasteiger partial charge in [0, 0.05) is 23.0 Å². The molecule has 0 aliphatic carbocycles. The summed E-state index contributed by atoms with van der Waals surface area (Å²) in [6.45, 7) is 1.37. The molecular formula is C24H22ClN5O2S. The molecule has 0 aliphatic rings. The minimum atomic E-state index is -0.100. The Kier molecular flexibility index (Phi) is 7.94. The first-order chi connectivity index (χ1) is 16.2. The van der Waals surface area contributed by atoms with Gasteiger partial charge in [0.25, 0.3) is 0 Å². The van der Waals surface area contributed by atoms with Crippen LogP contribution in [0.2, 0.25) is 5.02 Å². The van der Waals surface area contributed by atoms with E-state index in [2.05, 4.69) is 32.6 Å². The number of ether oxygens (including phenoxy) is 1. The van der Waals surface area contributed by atoms with Crippen molar-refractivity contribution in [2.45, 2.75) is 11.7 Å². The van der Waals surface area contributed by atoms with Crippen molar-refractivity contribution in [2.75, 3.05) is 18.9 Å². The first-order valence-electron chi connectivity index (χ1n) is 10.3. The second-order valence-electron chi connectivity index (χ2n) is 7.06. The largest absolute Gasteiger partial charge is 0.492 e. The molecular weight excluding hydrogens is 458 g/mol. The van der Waals surface area contributed by atoms with Gasteiger partial charge >= 0.3 is 0 Å². The number of hydrogen-bond donors (Lipinski definition) is 1. The predicted molar refractivity (Wildman–Crippen MR) is 129 cm³/mol. The monoisotopic (exact) mass is 479 g/mol. The van der Waals surface area contributed by atoms with E-state index in [0.717, 1.165) is 11.1 Å². The van der Waals surface area contributed by atoms with Gasteiger partial charge in [-0.15, -0.1) is 10.2 Å². The normalized spacial score (nSPS) is 10.7. The van der Waals surface area contributed by atoms with E-state index in [1.807, 2.05) is 34.9 Å². The Hall–Kier alpha value is -3.36. The van der Waals surface area contributed by atoms with Gasteiger partial charge in [0.05, 0.1) is 18.8 Å². The van der Waals surface area contributed by atoms with Gasteiger partial charge < -0.3 is 10.1 Å². The smallest absolute Gasteiger partial charge is 0.230 e. The van der Waals surface area contributed by atoms with E-state index in [1.165, 1.54) is 11.8 Å². The van der Waals surface area contributed by atoms with Crippen molar-refractivity contribution in [1.82, 2.24) is 25.1 Å². The molecule has 0 radical (unpaired) electrons. The highest BCUT2D eigenvalue weighted by molar-refractivity contribution is 7.99. The summed E-state index contributed by atoms with van der Waals surface area (Å²) < 4.78 is 7.61. The second-order valence-corrected chi connectivity index (χ2v) is 8.44. The van der Waals surface area contributed by atoms with Crippen LogP contribution in [0, 0.1) is 0 Å². The number of nitrogens with zero attached hydrogens (tertiary/aromatic N) is 4. The zero-order valence-electron chi connectivity index (χ0n) is 17.7. The third-order valence-electron chi connectivity index (χ3n) is 4.66. The fourth-order valence-corrected chi connectivity index (χ4v) is 3.98. The fourth-order valence-electron chi connectivity index (χ4n) is 3.08. The van der Waals surface area contributed by atoms with Crippen LogP contribution in [0.5, 0.6) is 5.75 Å². The molecule has 4 aromatic rings. The van der Waals surface area contributed by atoms with Gasteiger partial charge in [0.1, 0.15) is 12.4 Å². The molecule has 2 aromatic carbocycles. The van der Waals surface area contributed by atoms with Gasteiger partial charge in [-0.2, -0.15) is 0 Å².